The molecule has 1 saturated heterocycles. The molecule has 0 bridgehead atoms. The fraction of sp³-hybridized carbons (Fsp3) is 0.692. The summed E-state index contributed by atoms with van der Waals surface area (Å²) in [5.74, 6) is 1.62. The van der Waals surface area contributed by atoms with Crippen LogP contribution in [0.15, 0.2) is 12.4 Å². The Kier molecular flexibility index (Phi) is 4.01. The Morgan fingerprint density at radius 2 is 2.22 bits per heavy atom. The lowest BCUT2D eigenvalue weighted by Gasteiger charge is -2.29. The maximum absolute atomic E-state index is 5.43. The summed E-state index contributed by atoms with van der Waals surface area (Å²) in [6, 6.07) is 2.97. The first-order chi connectivity index (χ1) is 8.63. The van der Waals surface area contributed by atoms with E-state index in [1.165, 1.54) is 6.42 Å². The maximum atomic E-state index is 5.43. The zero-order valence-electron chi connectivity index (χ0n) is 11.6. The molecule has 1 aromatic heterocycles. The summed E-state index contributed by atoms with van der Waals surface area (Å²) in [6.07, 6.45) is 2.75. The Labute approximate surface area is 109 Å². The first-order valence-electron chi connectivity index (χ1n) is 6.51. The predicted molar refractivity (Wildman–Crippen MR) is 72.1 cm³/mol. The highest BCUT2D eigenvalue weighted by molar-refractivity contribution is 5.43. The molecule has 100 valence electrons. The van der Waals surface area contributed by atoms with Gasteiger partial charge in [-0.3, -0.25) is 0 Å². The van der Waals surface area contributed by atoms with E-state index in [1.807, 2.05) is 13.0 Å². The van der Waals surface area contributed by atoms with E-state index in [9.17, 15) is 0 Å². The molecule has 0 aliphatic carbocycles. The summed E-state index contributed by atoms with van der Waals surface area (Å²) >= 11 is 0. The molecule has 5 nitrogen and oxygen atoms in total. The number of hydrogen-bond donors (Lipinski definition) is 0. The average molecular weight is 250 g/mol. The number of aromatic nitrogens is 2. The van der Waals surface area contributed by atoms with Crippen LogP contribution in [0.1, 0.15) is 20.3 Å². The molecule has 2 rings (SSSR count). The van der Waals surface area contributed by atoms with Crippen LogP contribution in [0.3, 0.4) is 0 Å². The van der Waals surface area contributed by atoms with E-state index in [-0.39, 0.29) is 0 Å². The summed E-state index contributed by atoms with van der Waals surface area (Å²) in [6.45, 7) is 5.88. The lowest BCUT2D eigenvalue weighted by atomic mass is 10.1. The third-order valence-electron chi connectivity index (χ3n) is 3.59. The van der Waals surface area contributed by atoms with Gasteiger partial charge in [-0.25, -0.2) is 9.97 Å². The summed E-state index contributed by atoms with van der Waals surface area (Å²) in [7, 11) is 4.27. The van der Waals surface area contributed by atoms with Gasteiger partial charge in [0.05, 0.1) is 6.61 Å². The summed E-state index contributed by atoms with van der Waals surface area (Å²) < 4.78 is 5.43. The first kappa shape index (κ1) is 13.1. The van der Waals surface area contributed by atoms with E-state index in [1.54, 1.807) is 6.33 Å². The van der Waals surface area contributed by atoms with Crippen molar-refractivity contribution >= 4 is 5.82 Å². The van der Waals surface area contributed by atoms with Crippen molar-refractivity contribution in [3.8, 4) is 5.88 Å². The van der Waals surface area contributed by atoms with Crippen LogP contribution in [0.25, 0.3) is 0 Å². The van der Waals surface area contributed by atoms with Gasteiger partial charge in [0.2, 0.25) is 5.88 Å². The molecule has 0 N–H and O–H groups in total. The number of anilines is 1. The van der Waals surface area contributed by atoms with Crippen molar-refractivity contribution in [2.45, 2.75) is 32.4 Å². The average Bonchev–Trinajstić information content (AvgIpc) is 2.72. The van der Waals surface area contributed by atoms with Crippen LogP contribution in [-0.4, -0.2) is 54.2 Å². The lowest BCUT2D eigenvalue weighted by Crippen LogP contribution is -2.40. The highest BCUT2D eigenvalue weighted by atomic mass is 16.5. The van der Waals surface area contributed by atoms with E-state index < -0.39 is 0 Å². The Morgan fingerprint density at radius 1 is 1.44 bits per heavy atom. The molecule has 1 aromatic rings. The van der Waals surface area contributed by atoms with E-state index in [4.69, 9.17) is 4.74 Å². The highest BCUT2D eigenvalue weighted by Crippen LogP contribution is 2.27. The summed E-state index contributed by atoms with van der Waals surface area (Å²) in [5.41, 5.74) is 0. The smallest absolute Gasteiger partial charge is 0.218 e. The van der Waals surface area contributed by atoms with Crippen molar-refractivity contribution in [1.82, 2.24) is 14.9 Å². The van der Waals surface area contributed by atoms with Gasteiger partial charge in [-0.1, -0.05) is 0 Å². The molecule has 1 aliphatic rings. The molecule has 0 amide bonds. The van der Waals surface area contributed by atoms with Crippen LogP contribution < -0.4 is 9.64 Å². The second-order valence-corrected chi connectivity index (χ2v) is 4.90. The largest absolute Gasteiger partial charge is 0.478 e. The molecule has 0 unspecified atom stereocenters. The summed E-state index contributed by atoms with van der Waals surface area (Å²) in [4.78, 5) is 13.1. The molecular formula is C13H22N4O. The second-order valence-electron chi connectivity index (χ2n) is 4.90. The van der Waals surface area contributed by atoms with Crippen LogP contribution >= 0.6 is 0 Å². The molecular weight excluding hydrogens is 228 g/mol. The third-order valence-corrected chi connectivity index (χ3v) is 3.59. The van der Waals surface area contributed by atoms with Crippen LogP contribution in [-0.2, 0) is 0 Å². The molecule has 5 heteroatoms. The van der Waals surface area contributed by atoms with Crippen LogP contribution in [0.5, 0.6) is 5.88 Å². The number of rotatable bonds is 4. The van der Waals surface area contributed by atoms with Gasteiger partial charge in [0.15, 0.2) is 0 Å². The van der Waals surface area contributed by atoms with Gasteiger partial charge in [-0.2, -0.15) is 0 Å². The van der Waals surface area contributed by atoms with Crippen LogP contribution in [0, 0.1) is 0 Å². The predicted octanol–water partition coefficient (Wildman–Crippen LogP) is 1.40. The maximum Gasteiger partial charge on any atom is 0.218 e. The molecule has 0 spiro atoms. The minimum atomic E-state index is 0.462. The highest BCUT2D eigenvalue weighted by Gasteiger charge is 2.32. The number of ether oxygens (including phenoxy) is 1. The summed E-state index contributed by atoms with van der Waals surface area (Å²) in [5, 5.41) is 0. The number of nitrogens with zero attached hydrogens (tertiary/aromatic N) is 4. The third kappa shape index (κ3) is 2.56. The molecule has 1 aliphatic heterocycles. The lowest BCUT2D eigenvalue weighted by molar-refractivity contribution is 0.282. The Bertz CT molecular complexity index is 396. The molecule has 0 radical (unpaired) electrons. The minimum absolute atomic E-state index is 0.462. The molecule has 1 fully saturated rings. The van der Waals surface area contributed by atoms with Crippen LogP contribution in [0.4, 0.5) is 5.82 Å². The van der Waals surface area contributed by atoms with Gasteiger partial charge >= 0.3 is 0 Å². The van der Waals surface area contributed by atoms with Crippen molar-refractivity contribution in [1.29, 1.82) is 0 Å². The van der Waals surface area contributed by atoms with Gasteiger partial charge in [0, 0.05) is 24.7 Å². The topological polar surface area (TPSA) is 41.5 Å². The van der Waals surface area contributed by atoms with Crippen molar-refractivity contribution < 1.29 is 4.74 Å². The zero-order chi connectivity index (χ0) is 13.1. The first-order valence-corrected chi connectivity index (χ1v) is 6.51. The van der Waals surface area contributed by atoms with E-state index in [0.717, 1.165) is 12.4 Å². The van der Waals surface area contributed by atoms with Crippen LogP contribution in [0.2, 0.25) is 0 Å². The van der Waals surface area contributed by atoms with E-state index >= 15 is 0 Å². The van der Waals surface area contributed by atoms with Gasteiger partial charge in [-0.15, -0.1) is 0 Å². The molecule has 0 saturated carbocycles. The fourth-order valence-electron chi connectivity index (χ4n) is 2.65. The molecule has 0 aromatic carbocycles. The standard InChI is InChI=1S/C13H22N4O/c1-5-18-13-8-12(14-9-15-13)17-7-6-11(10(17)2)16(3)4/h8-11H,5-7H2,1-4H3/t10-,11-/m1/s1. The van der Waals surface area contributed by atoms with E-state index in [0.29, 0.717) is 24.6 Å². The SMILES string of the molecule is CCOc1cc(N2CC[C@@H](N(C)C)[C@H]2C)ncn1. The zero-order valence-corrected chi connectivity index (χ0v) is 11.6. The van der Waals surface area contributed by atoms with Crippen molar-refractivity contribution in [3.05, 3.63) is 12.4 Å². The van der Waals surface area contributed by atoms with Gasteiger partial charge in [0.25, 0.3) is 0 Å². The Morgan fingerprint density at radius 3 is 2.83 bits per heavy atom. The molecule has 18 heavy (non-hydrogen) atoms. The van der Waals surface area contributed by atoms with Crippen molar-refractivity contribution in [2.24, 2.45) is 0 Å². The number of likely N-dealkylation sites (N-methyl/N-ethyl adjacent to an activating group) is 1. The van der Waals surface area contributed by atoms with E-state index in [2.05, 4.69) is 40.8 Å². The Balaban J connectivity index is 2.14. The quantitative estimate of drug-likeness (QED) is 0.808. The van der Waals surface area contributed by atoms with Gasteiger partial charge < -0.3 is 14.5 Å². The minimum Gasteiger partial charge on any atom is -0.478 e. The van der Waals surface area contributed by atoms with Gasteiger partial charge in [0.1, 0.15) is 12.1 Å². The second kappa shape index (κ2) is 5.52. The normalized spacial score (nSPS) is 23.7. The van der Waals surface area contributed by atoms with Crippen molar-refractivity contribution in [2.75, 3.05) is 32.1 Å². The Hall–Kier alpha value is -1.36. The fourth-order valence-corrected chi connectivity index (χ4v) is 2.65. The molecule has 2 heterocycles. The van der Waals surface area contributed by atoms with Crippen molar-refractivity contribution in [3.63, 3.8) is 0 Å². The molecule has 2 atom stereocenters. The van der Waals surface area contributed by atoms with Gasteiger partial charge in [-0.05, 0) is 34.4 Å². The monoisotopic (exact) mass is 250 g/mol. The number of hydrogen-bond acceptors (Lipinski definition) is 5.